The zero-order valence-corrected chi connectivity index (χ0v) is 16.4. The van der Waals surface area contributed by atoms with Gasteiger partial charge in [0.2, 0.25) is 15.9 Å². The summed E-state index contributed by atoms with van der Waals surface area (Å²) < 4.78 is 39.0. The minimum Gasteiger partial charge on any atom is -0.343 e. The fraction of sp³-hybridized carbons (Fsp3) is 0.263. The van der Waals surface area contributed by atoms with Crippen molar-refractivity contribution in [2.75, 3.05) is 25.0 Å². The van der Waals surface area contributed by atoms with Crippen LogP contribution in [0, 0.1) is 5.82 Å². The number of nitrogens with zero attached hydrogens (tertiary/aromatic N) is 1. The van der Waals surface area contributed by atoms with E-state index in [0.717, 1.165) is 0 Å². The maximum Gasteiger partial charge on any atom is 0.251 e. The lowest BCUT2D eigenvalue weighted by atomic mass is 10.2. The van der Waals surface area contributed by atoms with Crippen LogP contribution in [0.4, 0.5) is 10.1 Å². The zero-order valence-electron chi connectivity index (χ0n) is 15.6. The maximum atomic E-state index is 12.8. The first-order valence-electron chi connectivity index (χ1n) is 8.71. The summed E-state index contributed by atoms with van der Waals surface area (Å²) in [4.78, 5) is 24.1. The number of rotatable bonds is 8. The predicted molar refractivity (Wildman–Crippen MR) is 104 cm³/mol. The van der Waals surface area contributed by atoms with E-state index in [1.807, 2.05) is 0 Å². The Kier molecular flexibility index (Phi) is 7.24. The molecule has 2 N–H and O–H groups in total. The third kappa shape index (κ3) is 5.37. The fourth-order valence-electron chi connectivity index (χ4n) is 2.49. The van der Waals surface area contributed by atoms with Crippen molar-refractivity contribution < 1.29 is 22.4 Å². The molecule has 0 spiro atoms. The van der Waals surface area contributed by atoms with Crippen LogP contribution >= 0.6 is 0 Å². The summed E-state index contributed by atoms with van der Waals surface area (Å²) in [5, 5.41) is 4.97. The normalized spacial score (nSPS) is 11.3. The van der Waals surface area contributed by atoms with E-state index in [9.17, 15) is 22.4 Å². The molecule has 0 aromatic heterocycles. The van der Waals surface area contributed by atoms with Gasteiger partial charge < -0.3 is 10.6 Å². The van der Waals surface area contributed by atoms with Crippen LogP contribution in [0.5, 0.6) is 0 Å². The average molecular weight is 407 g/mol. The summed E-state index contributed by atoms with van der Waals surface area (Å²) in [5.41, 5.74) is 0.639. The van der Waals surface area contributed by atoms with E-state index in [1.165, 1.54) is 52.8 Å². The Morgan fingerprint density at radius 1 is 0.964 bits per heavy atom. The molecular weight excluding hydrogens is 385 g/mol. The molecule has 0 saturated heterocycles. The maximum absolute atomic E-state index is 12.8. The third-order valence-electron chi connectivity index (χ3n) is 4.00. The van der Waals surface area contributed by atoms with Gasteiger partial charge in [0.1, 0.15) is 5.82 Å². The van der Waals surface area contributed by atoms with Gasteiger partial charge in [-0.2, -0.15) is 4.31 Å². The van der Waals surface area contributed by atoms with Crippen molar-refractivity contribution in [2.45, 2.75) is 18.7 Å². The number of hydrogen-bond acceptors (Lipinski definition) is 4. The molecule has 2 rings (SSSR count). The second-order valence-corrected chi connectivity index (χ2v) is 7.79. The standard InChI is InChI=1S/C19H22FN3O4S/c1-3-23(4-2)28(26,27)17-11-5-14(6-12-17)19(25)21-13-18(24)22-16-9-7-15(20)8-10-16/h5-12H,3-4,13H2,1-2H3,(H,21,25)(H,22,24). The van der Waals surface area contributed by atoms with Gasteiger partial charge in [0.25, 0.3) is 5.91 Å². The number of carbonyl (C=O) groups is 2. The van der Waals surface area contributed by atoms with Gasteiger partial charge in [-0.3, -0.25) is 9.59 Å². The Morgan fingerprint density at radius 2 is 1.54 bits per heavy atom. The highest BCUT2D eigenvalue weighted by Gasteiger charge is 2.21. The molecule has 2 amide bonds. The summed E-state index contributed by atoms with van der Waals surface area (Å²) in [6.07, 6.45) is 0. The van der Waals surface area contributed by atoms with Gasteiger partial charge in [0, 0.05) is 24.3 Å². The van der Waals surface area contributed by atoms with Crippen LogP contribution in [0.1, 0.15) is 24.2 Å². The van der Waals surface area contributed by atoms with Crippen LogP contribution in [0.15, 0.2) is 53.4 Å². The van der Waals surface area contributed by atoms with Crippen molar-refractivity contribution in [3.8, 4) is 0 Å². The molecule has 0 radical (unpaired) electrons. The lowest BCUT2D eigenvalue weighted by Gasteiger charge is -2.18. The topological polar surface area (TPSA) is 95.6 Å². The fourth-order valence-corrected chi connectivity index (χ4v) is 3.95. The van der Waals surface area contributed by atoms with Crippen LogP contribution < -0.4 is 10.6 Å². The molecule has 9 heteroatoms. The monoisotopic (exact) mass is 407 g/mol. The van der Waals surface area contributed by atoms with Gasteiger partial charge in [0.15, 0.2) is 0 Å². The third-order valence-corrected chi connectivity index (χ3v) is 6.06. The Hall–Kier alpha value is -2.78. The zero-order chi connectivity index (χ0) is 20.7. The Bertz CT molecular complexity index is 925. The minimum atomic E-state index is -3.60. The van der Waals surface area contributed by atoms with Gasteiger partial charge in [-0.1, -0.05) is 13.8 Å². The first-order valence-corrected chi connectivity index (χ1v) is 10.2. The van der Waals surface area contributed by atoms with Crippen molar-refractivity contribution in [1.82, 2.24) is 9.62 Å². The molecule has 2 aromatic carbocycles. The van der Waals surface area contributed by atoms with Gasteiger partial charge in [-0.05, 0) is 48.5 Å². The first kappa shape index (κ1) is 21.5. The number of benzene rings is 2. The predicted octanol–water partition coefficient (Wildman–Crippen LogP) is 2.22. The Labute approximate surface area is 163 Å². The van der Waals surface area contributed by atoms with Crippen LogP contribution in [0.3, 0.4) is 0 Å². The summed E-state index contributed by atoms with van der Waals surface area (Å²) in [5.74, 6) is -1.40. The molecule has 0 unspecified atom stereocenters. The molecular formula is C19H22FN3O4S. The quantitative estimate of drug-likeness (QED) is 0.701. The van der Waals surface area contributed by atoms with Crippen molar-refractivity contribution in [3.63, 3.8) is 0 Å². The van der Waals surface area contributed by atoms with E-state index < -0.39 is 27.7 Å². The molecule has 0 aliphatic heterocycles. The average Bonchev–Trinajstić information content (AvgIpc) is 2.68. The molecule has 2 aromatic rings. The SMILES string of the molecule is CCN(CC)S(=O)(=O)c1ccc(C(=O)NCC(=O)Nc2ccc(F)cc2)cc1. The molecule has 0 saturated carbocycles. The molecule has 0 aliphatic carbocycles. The number of sulfonamides is 1. The summed E-state index contributed by atoms with van der Waals surface area (Å²) in [7, 11) is -3.60. The molecule has 28 heavy (non-hydrogen) atoms. The molecule has 7 nitrogen and oxygen atoms in total. The highest BCUT2D eigenvalue weighted by Crippen LogP contribution is 2.16. The highest BCUT2D eigenvalue weighted by molar-refractivity contribution is 7.89. The molecule has 0 bridgehead atoms. The summed E-state index contributed by atoms with van der Waals surface area (Å²) >= 11 is 0. The number of anilines is 1. The van der Waals surface area contributed by atoms with E-state index in [0.29, 0.717) is 18.8 Å². The lowest BCUT2D eigenvalue weighted by Crippen LogP contribution is -2.33. The van der Waals surface area contributed by atoms with Crippen molar-refractivity contribution in [1.29, 1.82) is 0 Å². The number of halogens is 1. The molecule has 0 fully saturated rings. The second kappa shape index (κ2) is 9.43. The second-order valence-electron chi connectivity index (χ2n) is 5.85. The van der Waals surface area contributed by atoms with Crippen LogP contribution in [0.25, 0.3) is 0 Å². The van der Waals surface area contributed by atoms with Crippen molar-refractivity contribution in [3.05, 3.63) is 59.9 Å². The van der Waals surface area contributed by atoms with Gasteiger partial charge in [0.05, 0.1) is 11.4 Å². The van der Waals surface area contributed by atoms with Gasteiger partial charge in [-0.25, -0.2) is 12.8 Å². The molecule has 150 valence electrons. The van der Waals surface area contributed by atoms with E-state index in [-0.39, 0.29) is 17.0 Å². The van der Waals surface area contributed by atoms with Gasteiger partial charge >= 0.3 is 0 Å². The number of nitrogens with one attached hydrogen (secondary N) is 2. The van der Waals surface area contributed by atoms with Crippen molar-refractivity contribution >= 4 is 27.5 Å². The van der Waals surface area contributed by atoms with E-state index in [4.69, 9.17) is 0 Å². The Balaban J connectivity index is 1.95. The smallest absolute Gasteiger partial charge is 0.251 e. The van der Waals surface area contributed by atoms with E-state index in [1.54, 1.807) is 13.8 Å². The number of carbonyl (C=O) groups excluding carboxylic acids is 2. The molecule has 0 atom stereocenters. The van der Waals surface area contributed by atoms with E-state index >= 15 is 0 Å². The molecule has 0 heterocycles. The van der Waals surface area contributed by atoms with Crippen LogP contribution in [-0.2, 0) is 14.8 Å². The summed E-state index contributed by atoms with van der Waals surface area (Å²) in [6.45, 7) is 3.92. The van der Waals surface area contributed by atoms with Crippen LogP contribution in [0.2, 0.25) is 0 Å². The van der Waals surface area contributed by atoms with Crippen molar-refractivity contribution in [2.24, 2.45) is 0 Å². The first-order chi connectivity index (χ1) is 13.3. The van der Waals surface area contributed by atoms with Gasteiger partial charge in [-0.15, -0.1) is 0 Å². The van der Waals surface area contributed by atoms with E-state index in [2.05, 4.69) is 10.6 Å². The molecule has 0 aliphatic rings. The largest absolute Gasteiger partial charge is 0.343 e. The lowest BCUT2D eigenvalue weighted by molar-refractivity contribution is -0.115. The number of hydrogen-bond donors (Lipinski definition) is 2. The minimum absolute atomic E-state index is 0.0989. The van der Waals surface area contributed by atoms with Crippen LogP contribution in [-0.4, -0.2) is 44.2 Å². The Morgan fingerprint density at radius 3 is 2.07 bits per heavy atom. The number of amides is 2. The highest BCUT2D eigenvalue weighted by atomic mass is 32.2. The summed E-state index contributed by atoms with van der Waals surface area (Å²) in [6, 6.07) is 10.7.